The Kier molecular flexibility index (Phi) is 3.70. The highest BCUT2D eigenvalue weighted by Crippen LogP contribution is 2.27. The summed E-state index contributed by atoms with van der Waals surface area (Å²) in [6.45, 7) is 7.47. The van der Waals surface area contributed by atoms with Crippen molar-refractivity contribution in [1.29, 1.82) is 0 Å². The SMILES string of the molecule is CC(C)(C)c1ccnc(OCC2CCCC2)c1. The largest absolute Gasteiger partial charge is 0.477 e. The van der Waals surface area contributed by atoms with E-state index in [1.807, 2.05) is 6.20 Å². The second kappa shape index (κ2) is 5.07. The van der Waals surface area contributed by atoms with Gasteiger partial charge in [-0.2, -0.15) is 0 Å². The summed E-state index contributed by atoms with van der Waals surface area (Å²) in [5, 5.41) is 0. The van der Waals surface area contributed by atoms with Gasteiger partial charge in [-0.25, -0.2) is 4.98 Å². The van der Waals surface area contributed by atoms with Crippen LogP contribution in [0.1, 0.15) is 52.0 Å². The van der Waals surface area contributed by atoms with E-state index in [-0.39, 0.29) is 5.41 Å². The minimum atomic E-state index is 0.161. The quantitative estimate of drug-likeness (QED) is 0.788. The summed E-state index contributed by atoms with van der Waals surface area (Å²) in [6.07, 6.45) is 7.22. The fraction of sp³-hybridized carbons (Fsp3) is 0.667. The topological polar surface area (TPSA) is 22.1 Å². The van der Waals surface area contributed by atoms with Crippen molar-refractivity contribution in [2.24, 2.45) is 5.92 Å². The van der Waals surface area contributed by atoms with Crippen molar-refractivity contribution in [1.82, 2.24) is 4.98 Å². The molecule has 0 aliphatic heterocycles. The van der Waals surface area contributed by atoms with Crippen LogP contribution in [0.4, 0.5) is 0 Å². The van der Waals surface area contributed by atoms with Crippen LogP contribution in [0.3, 0.4) is 0 Å². The third kappa shape index (κ3) is 3.45. The number of rotatable bonds is 3. The normalized spacial score (nSPS) is 17.4. The van der Waals surface area contributed by atoms with Gasteiger partial charge < -0.3 is 4.74 Å². The highest BCUT2D eigenvalue weighted by atomic mass is 16.5. The van der Waals surface area contributed by atoms with E-state index in [1.165, 1.54) is 31.2 Å². The summed E-state index contributed by atoms with van der Waals surface area (Å²) in [6, 6.07) is 4.15. The Morgan fingerprint density at radius 1 is 1.29 bits per heavy atom. The van der Waals surface area contributed by atoms with Crippen molar-refractivity contribution in [2.75, 3.05) is 6.61 Å². The smallest absolute Gasteiger partial charge is 0.213 e. The molecule has 1 heterocycles. The molecular weight excluding hydrogens is 210 g/mol. The molecule has 0 spiro atoms. The number of aromatic nitrogens is 1. The fourth-order valence-corrected chi connectivity index (χ4v) is 2.34. The van der Waals surface area contributed by atoms with Gasteiger partial charge in [0.2, 0.25) is 5.88 Å². The Labute approximate surface area is 104 Å². The average molecular weight is 233 g/mol. The molecule has 94 valence electrons. The van der Waals surface area contributed by atoms with Crippen LogP contribution in [0, 0.1) is 5.92 Å². The molecule has 1 aromatic rings. The van der Waals surface area contributed by atoms with Crippen LogP contribution in [-0.2, 0) is 5.41 Å². The molecule has 0 amide bonds. The standard InChI is InChI=1S/C15H23NO/c1-15(2,3)13-8-9-16-14(10-13)17-11-12-6-4-5-7-12/h8-10,12H,4-7,11H2,1-3H3. The molecule has 2 rings (SSSR count). The van der Waals surface area contributed by atoms with Crippen molar-refractivity contribution in [3.8, 4) is 5.88 Å². The van der Waals surface area contributed by atoms with E-state index in [2.05, 4.69) is 37.9 Å². The summed E-state index contributed by atoms with van der Waals surface area (Å²) >= 11 is 0. The summed E-state index contributed by atoms with van der Waals surface area (Å²) in [5.74, 6) is 1.53. The zero-order valence-electron chi connectivity index (χ0n) is 11.2. The number of nitrogens with zero attached hydrogens (tertiary/aromatic N) is 1. The lowest BCUT2D eigenvalue weighted by atomic mass is 9.88. The number of hydrogen-bond donors (Lipinski definition) is 0. The Morgan fingerprint density at radius 2 is 2.00 bits per heavy atom. The molecule has 17 heavy (non-hydrogen) atoms. The molecule has 0 bridgehead atoms. The second-order valence-corrected chi connectivity index (χ2v) is 6.09. The highest BCUT2D eigenvalue weighted by Gasteiger charge is 2.17. The molecule has 0 radical (unpaired) electrons. The van der Waals surface area contributed by atoms with Crippen LogP contribution in [0.15, 0.2) is 18.3 Å². The third-order valence-corrected chi connectivity index (χ3v) is 3.54. The molecule has 0 aromatic carbocycles. The predicted octanol–water partition coefficient (Wildman–Crippen LogP) is 3.95. The van der Waals surface area contributed by atoms with Gasteiger partial charge in [0.05, 0.1) is 6.61 Å². The van der Waals surface area contributed by atoms with Crippen molar-refractivity contribution < 1.29 is 4.74 Å². The van der Waals surface area contributed by atoms with E-state index in [0.29, 0.717) is 0 Å². The molecule has 1 aliphatic carbocycles. The van der Waals surface area contributed by atoms with E-state index in [9.17, 15) is 0 Å². The predicted molar refractivity (Wildman–Crippen MR) is 70.4 cm³/mol. The van der Waals surface area contributed by atoms with Gasteiger partial charge in [0.25, 0.3) is 0 Å². The molecule has 0 N–H and O–H groups in total. The number of ether oxygens (including phenoxy) is 1. The minimum Gasteiger partial charge on any atom is -0.477 e. The van der Waals surface area contributed by atoms with Crippen molar-refractivity contribution in [3.63, 3.8) is 0 Å². The molecule has 2 nitrogen and oxygen atoms in total. The van der Waals surface area contributed by atoms with E-state index in [1.54, 1.807) is 0 Å². The molecule has 0 saturated heterocycles. The Bertz CT molecular complexity index is 361. The minimum absolute atomic E-state index is 0.161. The van der Waals surface area contributed by atoms with Gasteiger partial charge in [-0.05, 0) is 35.8 Å². The molecule has 1 aliphatic rings. The zero-order chi connectivity index (χ0) is 12.3. The summed E-state index contributed by atoms with van der Waals surface area (Å²) in [4.78, 5) is 4.29. The van der Waals surface area contributed by atoms with Gasteiger partial charge in [-0.3, -0.25) is 0 Å². The first-order valence-electron chi connectivity index (χ1n) is 6.65. The average Bonchev–Trinajstić information content (AvgIpc) is 2.78. The first kappa shape index (κ1) is 12.4. The highest BCUT2D eigenvalue weighted by molar-refractivity contribution is 5.26. The first-order valence-corrected chi connectivity index (χ1v) is 6.65. The molecule has 1 aromatic heterocycles. The Hall–Kier alpha value is -1.05. The Morgan fingerprint density at radius 3 is 2.65 bits per heavy atom. The lowest BCUT2D eigenvalue weighted by Gasteiger charge is -2.19. The molecular formula is C15H23NO. The van der Waals surface area contributed by atoms with E-state index < -0.39 is 0 Å². The molecule has 2 heteroatoms. The van der Waals surface area contributed by atoms with Crippen LogP contribution >= 0.6 is 0 Å². The first-order chi connectivity index (χ1) is 8.05. The zero-order valence-corrected chi connectivity index (χ0v) is 11.2. The Balaban J connectivity index is 1.96. The molecule has 1 saturated carbocycles. The van der Waals surface area contributed by atoms with Crippen molar-refractivity contribution in [3.05, 3.63) is 23.9 Å². The third-order valence-electron chi connectivity index (χ3n) is 3.54. The van der Waals surface area contributed by atoms with Crippen LogP contribution in [0.25, 0.3) is 0 Å². The lowest BCUT2D eigenvalue weighted by molar-refractivity contribution is 0.243. The maximum atomic E-state index is 5.81. The fourth-order valence-electron chi connectivity index (χ4n) is 2.34. The van der Waals surface area contributed by atoms with Crippen LogP contribution < -0.4 is 4.74 Å². The van der Waals surface area contributed by atoms with Gasteiger partial charge in [-0.1, -0.05) is 33.6 Å². The van der Waals surface area contributed by atoms with E-state index in [4.69, 9.17) is 4.74 Å². The lowest BCUT2D eigenvalue weighted by Crippen LogP contribution is -2.13. The molecule has 0 atom stereocenters. The van der Waals surface area contributed by atoms with Gasteiger partial charge in [-0.15, -0.1) is 0 Å². The molecule has 1 fully saturated rings. The van der Waals surface area contributed by atoms with E-state index in [0.717, 1.165) is 18.4 Å². The van der Waals surface area contributed by atoms with Crippen molar-refractivity contribution >= 4 is 0 Å². The van der Waals surface area contributed by atoms with Crippen molar-refractivity contribution in [2.45, 2.75) is 51.9 Å². The van der Waals surface area contributed by atoms with Gasteiger partial charge in [0, 0.05) is 12.3 Å². The van der Waals surface area contributed by atoms with Crippen LogP contribution in [0.2, 0.25) is 0 Å². The summed E-state index contributed by atoms with van der Waals surface area (Å²) in [7, 11) is 0. The van der Waals surface area contributed by atoms with Gasteiger partial charge >= 0.3 is 0 Å². The van der Waals surface area contributed by atoms with Gasteiger partial charge in [0.1, 0.15) is 0 Å². The van der Waals surface area contributed by atoms with E-state index >= 15 is 0 Å². The van der Waals surface area contributed by atoms with Gasteiger partial charge in [0.15, 0.2) is 0 Å². The van der Waals surface area contributed by atoms with Crippen LogP contribution in [0.5, 0.6) is 5.88 Å². The number of hydrogen-bond acceptors (Lipinski definition) is 2. The maximum Gasteiger partial charge on any atom is 0.213 e. The molecule has 0 unspecified atom stereocenters. The monoisotopic (exact) mass is 233 g/mol. The summed E-state index contributed by atoms with van der Waals surface area (Å²) < 4.78 is 5.81. The summed E-state index contributed by atoms with van der Waals surface area (Å²) in [5.41, 5.74) is 1.45. The van der Waals surface area contributed by atoms with Crippen LogP contribution in [-0.4, -0.2) is 11.6 Å². The maximum absolute atomic E-state index is 5.81. The number of pyridine rings is 1. The second-order valence-electron chi connectivity index (χ2n) is 6.09.